The number of nitrogens with one attached hydrogen (secondary N) is 1. The summed E-state index contributed by atoms with van der Waals surface area (Å²) in [7, 11) is 3.75. The molecule has 1 amide bonds. The summed E-state index contributed by atoms with van der Waals surface area (Å²) in [6, 6.07) is 0. The number of carbonyl (C=O) groups excluding carboxylic acids is 1. The molecule has 0 spiro atoms. The van der Waals surface area contributed by atoms with Crippen molar-refractivity contribution in [3.8, 4) is 0 Å². The molecule has 0 aliphatic rings. The van der Waals surface area contributed by atoms with Crippen LogP contribution in [-0.2, 0) is 18.4 Å². The Kier molecular flexibility index (Phi) is 3.61. The number of aromatic nitrogens is 2. The molecule has 0 saturated carbocycles. The second-order valence-corrected chi connectivity index (χ2v) is 3.19. The zero-order valence-corrected chi connectivity index (χ0v) is 8.40. The van der Waals surface area contributed by atoms with Crippen LogP contribution < -0.4 is 11.3 Å². The van der Waals surface area contributed by atoms with Crippen LogP contribution in [0.25, 0.3) is 0 Å². The molecule has 0 saturated heterocycles. The highest BCUT2D eigenvalue weighted by Gasteiger charge is 2.07. The van der Waals surface area contributed by atoms with Gasteiger partial charge in [0, 0.05) is 19.4 Å². The van der Waals surface area contributed by atoms with Crippen LogP contribution in [0.5, 0.6) is 0 Å². The number of nitrogens with zero attached hydrogens (tertiary/aromatic N) is 3. The molecule has 1 rings (SSSR count). The molecule has 6 heteroatoms. The normalized spacial score (nSPS) is 10.6. The molecule has 1 aromatic heterocycles. The summed E-state index contributed by atoms with van der Waals surface area (Å²) >= 11 is 0. The number of likely N-dealkylation sites (N-methyl/N-ethyl adjacent to an activating group) is 1. The van der Waals surface area contributed by atoms with Crippen LogP contribution in [0.2, 0.25) is 0 Å². The number of amides is 1. The maximum Gasteiger partial charge on any atom is 0.248 e. The maximum absolute atomic E-state index is 10.9. The van der Waals surface area contributed by atoms with Crippen LogP contribution in [0.4, 0.5) is 0 Å². The molecule has 0 aliphatic carbocycles. The van der Waals surface area contributed by atoms with E-state index >= 15 is 0 Å². The van der Waals surface area contributed by atoms with Gasteiger partial charge in [-0.2, -0.15) is 0 Å². The van der Waals surface area contributed by atoms with Gasteiger partial charge >= 0.3 is 0 Å². The minimum Gasteiger partial charge on any atom is -0.337 e. The number of nitrogens with two attached hydrogens (primary N) is 1. The number of carbonyl (C=O) groups is 1. The van der Waals surface area contributed by atoms with E-state index in [0.717, 1.165) is 5.82 Å². The lowest BCUT2D eigenvalue weighted by molar-refractivity contribution is -0.122. The van der Waals surface area contributed by atoms with Gasteiger partial charge in [0.1, 0.15) is 5.82 Å². The van der Waals surface area contributed by atoms with E-state index in [9.17, 15) is 4.79 Å². The van der Waals surface area contributed by atoms with Gasteiger partial charge in [0.2, 0.25) is 5.91 Å². The number of imidazole rings is 1. The average Bonchev–Trinajstić information content (AvgIpc) is 2.51. The quantitative estimate of drug-likeness (QED) is 0.363. The highest BCUT2D eigenvalue weighted by Crippen LogP contribution is 1.98. The van der Waals surface area contributed by atoms with Crippen molar-refractivity contribution in [2.45, 2.75) is 6.54 Å². The zero-order valence-electron chi connectivity index (χ0n) is 8.40. The molecule has 0 fully saturated rings. The summed E-state index contributed by atoms with van der Waals surface area (Å²) in [6.07, 6.45) is 3.60. The van der Waals surface area contributed by atoms with E-state index in [4.69, 9.17) is 5.84 Å². The molecule has 0 aliphatic heterocycles. The van der Waals surface area contributed by atoms with E-state index in [2.05, 4.69) is 10.4 Å². The average molecular weight is 197 g/mol. The molecule has 78 valence electrons. The second kappa shape index (κ2) is 4.73. The van der Waals surface area contributed by atoms with Crippen LogP contribution in [0.1, 0.15) is 5.82 Å². The fourth-order valence-corrected chi connectivity index (χ4v) is 1.14. The van der Waals surface area contributed by atoms with Gasteiger partial charge in [-0.3, -0.25) is 15.1 Å². The van der Waals surface area contributed by atoms with Gasteiger partial charge in [0.25, 0.3) is 0 Å². The van der Waals surface area contributed by atoms with E-state index in [1.807, 2.05) is 29.8 Å². The van der Waals surface area contributed by atoms with Crippen molar-refractivity contribution in [2.24, 2.45) is 12.9 Å². The SMILES string of the molecule is CN(CC(=O)NN)Cc1nccn1C. The molecule has 3 N–H and O–H groups in total. The van der Waals surface area contributed by atoms with E-state index in [-0.39, 0.29) is 12.5 Å². The smallest absolute Gasteiger partial charge is 0.248 e. The first-order valence-electron chi connectivity index (χ1n) is 4.27. The number of hydrogen-bond acceptors (Lipinski definition) is 4. The molecular weight excluding hydrogens is 182 g/mol. The van der Waals surface area contributed by atoms with Crippen molar-refractivity contribution in [3.05, 3.63) is 18.2 Å². The first kappa shape index (κ1) is 10.7. The van der Waals surface area contributed by atoms with Gasteiger partial charge in [-0.15, -0.1) is 0 Å². The first-order valence-corrected chi connectivity index (χ1v) is 4.27. The van der Waals surface area contributed by atoms with Crippen LogP contribution >= 0.6 is 0 Å². The molecule has 0 bridgehead atoms. The predicted octanol–water partition coefficient (Wildman–Crippen LogP) is -1.16. The molecular formula is C8H15N5O. The minimum absolute atomic E-state index is 0.207. The zero-order chi connectivity index (χ0) is 10.6. The van der Waals surface area contributed by atoms with Gasteiger partial charge in [0.05, 0.1) is 13.1 Å². The molecule has 0 unspecified atom stereocenters. The van der Waals surface area contributed by atoms with E-state index in [0.29, 0.717) is 6.54 Å². The second-order valence-electron chi connectivity index (χ2n) is 3.19. The van der Waals surface area contributed by atoms with Crippen molar-refractivity contribution in [2.75, 3.05) is 13.6 Å². The van der Waals surface area contributed by atoms with Crippen molar-refractivity contribution >= 4 is 5.91 Å². The Bertz CT molecular complexity index is 308. The highest BCUT2D eigenvalue weighted by molar-refractivity contribution is 5.77. The third-order valence-electron chi connectivity index (χ3n) is 1.91. The lowest BCUT2D eigenvalue weighted by atomic mass is 10.4. The lowest BCUT2D eigenvalue weighted by Gasteiger charge is -2.14. The van der Waals surface area contributed by atoms with Gasteiger partial charge in [-0.1, -0.05) is 0 Å². The Hall–Kier alpha value is -1.40. The summed E-state index contributed by atoms with van der Waals surface area (Å²) in [5, 5.41) is 0. The fraction of sp³-hybridized carbons (Fsp3) is 0.500. The third-order valence-corrected chi connectivity index (χ3v) is 1.91. The number of rotatable bonds is 4. The van der Waals surface area contributed by atoms with Crippen LogP contribution in [0, 0.1) is 0 Å². The first-order chi connectivity index (χ1) is 6.63. The van der Waals surface area contributed by atoms with E-state index in [1.54, 1.807) is 6.20 Å². The third kappa shape index (κ3) is 2.82. The predicted molar refractivity (Wildman–Crippen MR) is 51.9 cm³/mol. The summed E-state index contributed by atoms with van der Waals surface area (Å²) in [4.78, 5) is 16.9. The standard InChI is InChI=1S/C8H15N5O/c1-12(6-8(14)11-9)5-7-10-3-4-13(7)2/h3-4H,5-6,9H2,1-2H3,(H,11,14). The number of aryl methyl sites for hydroxylation is 1. The van der Waals surface area contributed by atoms with Gasteiger partial charge in [-0.05, 0) is 7.05 Å². The summed E-state index contributed by atoms with van der Waals surface area (Å²) in [5.74, 6) is 5.68. The Morgan fingerprint density at radius 2 is 2.50 bits per heavy atom. The Labute approximate surface area is 82.7 Å². The fourth-order valence-electron chi connectivity index (χ4n) is 1.14. The van der Waals surface area contributed by atoms with Crippen molar-refractivity contribution in [3.63, 3.8) is 0 Å². The molecule has 6 nitrogen and oxygen atoms in total. The van der Waals surface area contributed by atoms with Gasteiger partial charge in [0.15, 0.2) is 0 Å². The number of hydrazine groups is 1. The Morgan fingerprint density at radius 3 is 3.00 bits per heavy atom. The molecule has 0 atom stereocenters. The van der Waals surface area contributed by atoms with Gasteiger partial charge in [-0.25, -0.2) is 10.8 Å². The monoisotopic (exact) mass is 197 g/mol. The summed E-state index contributed by atoms with van der Waals surface area (Å²) in [6.45, 7) is 0.889. The largest absolute Gasteiger partial charge is 0.337 e. The Morgan fingerprint density at radius 1 is 1.79 bits per heavy atom. The van der Waals surface area contributed by atoms with E-state index in [1.165, 1.54) is 0 Å². The van der Waals surface area contributed by atoms with Gasteiger partial charge < -0.3 is 4.57 Å². The maximum atomic E-state index is 10.9. The lowest BCUT2D eigenvalue weighted by Crippen LogP contribution is -2.38. The summed E-state index contributed by atoms with van der Waals surface area (Å²) in [5.41, 5.74) is 2.08. The summed E-state index contributed by atoms with van der Waals surface area (Å²) < 4.78 is 1.91. The van der Waals surface area contributed by atoms with Crippen LogP contribution in [-0.4, -0.2) is 34.0 Å². The molecule has 0 radical (unpaired) electrons. The minimum atomic E-state index is -0.207. The molecule has 0 aromatic carbocycles. The highest BCUT2D eigenvalue weighted by atomic mass is 16.2. The number of hydrogen-bond donors (Lipinski definition) is 2. The molecule has 1 heterocycles. The van der Waals surface area contributed by atoms with Crippen LogP contribution in [0.15, 0.2) is 12.4 Å². The van der Waals surface area contributed by atoms with Crippen molar-refractivity contribution in [1.29, 1.82) is 0 Å². The molecule has 14 heavy (non-hydrogen) atoms. The topological polar surface area (TPSA) is 76.2 Å². The van der Waals surface area contributed by atoms with Crippen LogP contribution in [0.3, 0.4) is 0 Å². The van der Waals surface area contributed by atoms with E-state index < -0.39 is 0 Å². The van der Waals surface area contributed by atoms with Crippen molar-refractivity contribution < 1.29 is 4.79 Å². The Balaban J connectivity index is 2.45. The molecule has 1 aromatic rings. The van der Waals surface area contributed by atoms with Crippen molar-refractivity contribution in [1.82, 2.24) is 19.9 Å².